The molecule has 0 aromatic rings. The molecule has 0 amide bonds. The third kappa shape index (κ3) is 5.63. The summed E-state index contributed by atoms with van der Waals surface area (Å²) in [7, 11) is 1.38. The molecule has 2 rings (SSSR count). The van der Waals surface area contributed by atoms with E-state index in [4.69, 9.17) is 31.4 Å². The van der Waals surface area contributed by atoms with Gasteiger partial charge in [0.2, 0.25) is 0 Å². The van der Waals surface area contributed by atoms with Crippen LogP contribution in [-0.2, 0) is 14.2 Å². The first-order valence-corrected chi connectivity index (χ1v) is 9.98. The van der Waals surface area contributed by atoms with Crippen molar-refractivity contribution >= 4 is 0 Å². The molecule has 6 unspecified atom stereocenters. The van der Waals surface area contributed by atoms with Gasteiger partial charge in [0, 0.05) is 19.2 Å². The number of methoxy groups -OCH3 is 1. The fraction of sp³-hybridized carbons (Fsp3) is 1.00. The minimum Gasteiger partial charge on any atom is -0.394 e. The van der Waals surface area contributed by atoms with Crippen molar-refractivity contribution in [3.05, 3.63) is 0 Å². The molecule has 13 heteroatoms. The third-order valence-corrected chi connectivity index (χ3v) is 5.71. The van der Waals surface area contributed by atoms with Crippen LogP contribution >= 0.6 is 0 Å². The molecule has 13 nitrogen and oxygen atoms in total. The Morgan fingerprint density at radius 3 is 2.33 bits per heavy atom. The highest BCUT2D eigenvalue weighted by Gasteiger charge is 2.49. The third-order valence-electron chi connectivity index (χ3n) is 5.71. The molecular weight excluding hydrogens is 404 g/mol. The minimum absolute atomic E-state index is 0.147. The molecule has 1 aliphatic carbocycles. The summed E-state index contributed by atoms with van der Waals surface area (Å²) >= 11 is 0. The Balaban J connectivity index is 2.04. The average Bonchev–Trinajstić information content (AvgIpc) is 2.72. The van der Waals surface area contributed by atoms with Crippen molar-refractivity contribution in [1.29, 1.82) is 0 Å². The highest BCUT2D eigenvalue weighted by Crippen LogP contribution is 2.28. The topological polar surface area (TPSA) is 239 Å². The number of hydrogen-bond acceptors (Lipinski definition) is 13. The lowest BCUT2D eigenvalue weighted by Gasteiger charge is -2.46. The molecule has 0 aromatic heterocycles. The van der Waals surface area contributed by atoms with Gasteiger partial charge >= 0.3 is 0 Å². The van der Waals surface area contributed by atoms with E-state index < -0.39 is 80.0 Å². The normalized spacial score (nSPS) is 44.6. The second kappa shape index (κ2) is 11.4. The molecule has 178 valence electrons. The van der Waals surface area contributed by atoms with Crippen LogP contribution < -0.4 is 22.5 Å². The van der Waals surface area contributed by atoms with Crippen LogP contribution in [0.2, 0.25) is 0 Å². The first kappa shape index (κ1) is 25.7. The van der Waals surface area contributed by atoms with Crippen molar-refractivity contribution in [1.82, 2.24) is 5.32 Å². The van der Waals surface area contributed by atoms with Crippen LogP contribution in [0.15, 0.2) is 0 Å². The van der Waals surface area contributed by atoms with Crippen LogP contribution in [-0.4, -0.2) is 124 Å². The summed E-state index contributed by atoms with van der Waals surface area (Å²) in [5.74, 6) is 0. The Hall–Kier alpha value is -0.520. The minimum atomic E-state index is -1.46. The van der Waals surface area contributed by atoms with Gasteiger partial charge in [0.05, 0.1) is 24.9 Å². The number of nitrogens with two attached hydrogens (primary N) is 3. The van der Waals surface area contributed by atoms with Crippen LogP contribution in [0.3, 0.4) is 0 Å². The standard InChI is InChI=1S/C17H36N4O9/c1-28-16(8(23)2-3-18)21-7-4-6(19)15(14(27)11(7)24)30-17-10(20)13(26)12(25)9(5-22)29-17/h6-17,21-27H,2-5,18-20H2,1H3/t6?,7-,8+,9?,10?,11-,12-,13?,14?,15-,16?,17-/m1/s1. The van der Waals surface area contributed by atoms with E-state index in [2.05, 4.69) is 5.32 Å². The van der Waals surface area contributed by atoms with Gasteiger partial charge in [-0.05, 0) is 19.4 Å². The van der Waals surface area contributed by atoms with Gasteiger partial charge in [-0.15, -0.1) is 0 Å². The Labute approximate surface area is 174 Å². The number of ether oxygens (including phenoxy) is 3. The molecule has 2 aliphatic rings. The largest absolute Gasteiger partial charge is 0.394 e. The average molecular weight is 440 g/mol. The summed E-state index contributed by atoms with van der Waals surface area (Å²) in [6.07, 6.45) is -10.5. The van der Waals surface area contributed by atoms with Crippen molar-refractivity contribution in [2.75, 3.05) is 20.3 Å². The molecule has 30 heavy (non-hydrogen) atoms. The predicted octanol–water partition coefficient (Wildman–Crippen LogP) is -5.77. The maximum atomic E-state index is 10.6. The fourth-order valence-electron chi connectivity index (χ4n) is 3.85. The first-order valence-electron chi connectivity index (χ1n) is 9.98. The predicted molar refractivity (Wildman–Crippen MR) is 103 cm³/mol. The number of aliphatic hydroxyl groups excluding tert-OH is 6. The van der Waals surface area contributed by atoms with Crippen molar-refractivity contribution in [2.24, 2.45) is 17.2 Å². The molecule has 1 heterocycles. The van der Waals surface area contributed by atoms with Gasteiger partial charge in [-0.2, -0.15) is 0 Å². The second-order valence-corrected chi connectivity index (χ2v) is 7.84. The second-order valence-electron chi connectivity index (χ2n) is 7.84. The summed E-state index contributed by atoms with van der Waals surface area (Å²) in [6.45, 7) is -0.340. The van der Waals surface area contributed by atoms with Crippen LogP contribution in [0.25, 0.3) is 0 Å². The van der Waals surface area contributed by atoms with E-state index in [-0.39, 0.29) is 19.4 Å². The number of aliphatic hydroxyl groups is 6. The molecular formula is C17H36N4O9. The Bertz CT molecular complexity index is 520. The maximum Gasteiger partial charge on any atom is 0.176 e. The zero-order chi connectivity index (χ0) is 22.6. The Morgan fingerprint density at radius 2 is 1.77 bits per heavy atom. The van der Waals surface area contributed by atoms with Crippen molar-refractivity contribution in [3.63, 3.8) is 0 Å². The molecule has 13 N–H and O–H groups in total. The number of hydrogen-bond donors (Lipinski definition) is 10. The summed E-state index contributed by atoms with van der Waals surface area (Å²) in [5, 5.41) is 63.4. The van der Waals surface area contributed by atoms with E-state index in [0.717, 1.165) is 0 Å². The molecule has 1 aliphatic heterocycles. The molecule has 0 bridgehead atoms. The Kier molecular flexibility index (Phi) is 9.76. The van der Waals surface area contributed by atoms with E-state index in [1.807, 2.05) is 0 Å². The van der Waals surface area contributed by atoms with E-state index in [0.29, 0.717) is 0 Å². The van der Waals surface area contributed by atoms with Gasteiger partial charge in [0.15, 0.2) is 6.29 Å². The lowest BCUT2D eigenvalue weighted by Crippen LogP contribution is -2.68. The molecule has 2 fully saturated rings. The number of rotatable bonds is 9. The van der Waals surface area contributed by atoms with E-state index >= 15 is 0 Å². The van der Waals surface area contributed by atoms with Gasteiger partial charge in [-0.25, -0.2) is 0 Å². The summed E-state index contributed by atoms with van der Waals surface area (Å²) in [5.41, 5.74) is 17.4. The quantitative estimate of drug-likeness (QED) is 0.150. The highest BCUT2D eigenvalue weighted by molar-refractivity contribution is 5.01. The first-order chi connectivity index (χ1) is 14.2. The van der Waals surface area contributed by atoms with Crippen molar-refractivity contribution in [3.8, 4) is 0 Å². The molecule has 1 saturated carbocycles. The summed E-state index contributed by atoms with van der Waals surface area (Å²) < 4.78 is 16.3. The zero-order valence-electron chi connectivity index (χ0n) is 16.9. The van der Waals surface area contributed by atoms with Gasteiger partial charge in [-0.1, -0.05) is 0 Å². The van der Waals surface area contributed by atoms with E-state index in [1.54, 1.807) is 0 Å². The highest BCUT2D eigenvalue weighted by atomic mass is 16.7. The van der Waals surface area contributed by atoms with Crippen LogP contribution in [0.1, 0.15) is 12.8 Å². The van der Waals surface area contributed by atoms with E-state index in [1.165, 1.54) is 7.11 Å². The van der Waals surface area contributed by atoms with Gasteiger partial charge in [0.1, 0.15) is 36.7 Å². The van der Waals surface area contributed by atoms with Crippen LogP contribution in [0, 0.1) is 0 Å². The smallest absolute Gasteiger partial charge is 0.176 e. The van der Waals surface area contributed by atoms with Gasteiger partial charge in [0.25, 0.3) is 0 Å². The van der Waals surface area contributed by atoms with Crippen LogP contribution in [0.5, 0.6) is 0 Å². The summed E-state index contributed by atoms with van der Waals surface area (Å²) in [4.78, 5) is 0. The van der Waals surface area contributed by atoms with Crippen molar-refractivity contribution in [2.45, 2.75) is 86.2 Å². The Morgan fingerprint density at radius 1 is 1.10 bits per heavy atom. The number of nitrogens with one attached hydrogen (secondary N) is 1. The lowest BCUT2D eigenvalue weighted by atomic mass is 9.83. The molecule has 0 aromatic carbocycles. The van der Waals surface area contributed by atoms with E-state index in [9.17, 15) is 30.6 Å². The maximum absolute atomic E-state index is 10.6. The molecule has 1 saturated heterocycles. The monoisotopic (exact) mass is 440 g/mol. The molecule has 0 radical (unpaired) electrons. The summed E-state index contributed by atoms with van der Waals surface area (Å²) in [6, 6.07) is -2.66. The van der Waals surface area contributed by atoms with Gasteiger partial charge < -0.3 is 62.1 Å². The molecule has 0 spiro atoms. The molecule has 12 atom stereocenters. The zero-order valence-corrected chi connectivity index (χ0v) is 16.9. The fourth-order valence-corrected chi connectivity index (χ4v) is 3.85. The van der Waals surface area contributed by atoms with Crippen LogP contribution in [0.4, 0.5) is 0 Å². The lowest BCUT2D eigenvalue weighted by molar-refractivity contribution is -0.294. The van der Waals surface area contributed by atoms with Crippen molar-refractivity contribution < 1.29 is 44.8 Å². The van der Waals surface area contributed by atoms with Gasteiger partial charge in [-0.3, -0.25) is 5.32 Å². The SMILES string of the molecule is COC(N[C@@H]1CC(N)[C@@H](O[C@H]2OC(CO)[C@@H](O)C(O)C2N)C(O)[C@@H]1O)[C@@H](O)CCN.